The fourth-order valence-corrected chi connectivity index (χ4v) is 1.62. The van der Waals surface area contributed by atoms with Crippen LogP contribution in [0.4, 0.5) is 5.69 Å². The molecule has 1 amide bonds. The summed E-state index contributed by atoms with van der Waals surface area (Å²) in [5, 5.41) is 2.79. The summed E-state index contributed by atoms with van der Waals surface area (Å²) in [5.74, 6) is -0.193. The Morgan fingerprint density at radius 2 is 2.38 bits per heavy atom. The van der Waals surface area contributed by atoms with Gasteiger partial charge in [-0.05, 0) is 31.0 Å². The average Bonchev–Trinajstić information content (AvgIpc) is 2.25. The molecule has 0 heterocycles. The molecule has 0 radical (unpaired) electrons. The molecule has 0 aliphatic carbocycles. The van der Waals surface area contributed by atoms with Crippen LogP contribution in [0.25, 0.3) is 0 Å². The second-order valence-electron chi connectivity index (χ2n) is 3.53. The highest BCUT2D eigenvalue weighted by molar-refractivity contribution is 9.10. The summed E-state index contributed by atoms with van der Waals surface area (Å²) in [6.45, 7) is 5.48. The van der Waals surface area contributed by atoms with Gasteiger partial charge in [0.2, 0.25) is 5.91 Å². The van der Waals surface area contributed by atoms with E-state index in [2.05, 4.69) is 27.8 Å². The van der Waals surface area contributed by atoms with Crippen molar-refractivity contribution >= 4 is 27.5 Å². The van der Waals surface area contributed by atoms with Crippen LogP contribution >= 0.6 is 15.9 Å². The van der Waals surface area contributed by atoms with Gasteiger partial charge < -0.3 is 11.1 Å². The molecule has 0 aliphatic rings. The summed E-state index contributed by atoms with van der Waals surface area (Å²) in [6, 6.07) is 5.09. The van der Waals surface area contributed by atoms with Gasteiger partial charge in [-0.2, -0.15) is 0 Å². The number of nitrogens with two attached hydrogens (primary N) is 1. The number of carbonyl (C=O) groups is 1. The van der Waals surface area contributed by atoms with Gasteiger partial charge in [0.1, 0.15) is 0 Å². The third kappa shape index (κ3) is 3.18. The summed E-state index contributed by atoms with van der Waals surface area (Å²) in [5.41, 5.74) is 7.43. The molecule has 4 heteroatoms. The monoisotopic (exact) mass is 282 g/mol. The summed E-state index contributed by atoms with van der Waals surface area (Å²) in [7, 11) is 0. The lowest BCUT2D eigenvalue weighted by Crippen LogP contribution is -2.35. The Bertz CT molecular complexity index is 404. The first-order valence-electron chi connectivity index (χ1n) is 4.98. The predicted octanol–water partition coefficient (Wildman–Crippen LogP) is 2.60. The van der Waals surface area contributed by atoms with E-state index in [1.807, 2.05) is 25.1 Å². The number of anilines is 1. The Balaban J connectivity index is 2.77. The maximum Gasteiger partial charge on any atom is 0.241 e. The van der Waals surface area contributed by atoms with Crippen LogP contribution in [0.2, 0.25) is 0 Å². The van der Waals surface area contributed by atoms with Crippen molar-refractivity contribution in [2.24, 2.45) is 5.73 Å². The SMILES string of the molecule is C=CCC(N)C(=O)Nc1cccc(Br)c1C. The van der Waals surface area contributed by atoms with Crippen LogP contribution in [0.5, 0.6) is 0 Å². The Hall–Kier alpha value is -1.13. The predicted molar refractivity (Wildman–Crippen MR) is 70.3 cm³/mol. The van der Waals surface area contributed by atoms with Crippen molar-refractivity contribution in [1.82, 2.24) is 0 Å². The topological polar surface area (TPSA) is 55.1 Å². The molecule has 0 saturated carbocycles. The molecule has 16 heavy (non-hydrogen) atoms. The molecule has 0 spiro atoms. The van der Waals surface area contributed by atoms with Gasteiger partial charge in [-0.25, -0.2) is 0 Å². The van der Waals surface area contributed by atoms with Crippen molar-refractivity contribution in [2.45, 2.75) is 19.4 Å². The third-order valence-electron chi connectivity index (χ3n) is 2.28. The minimum atomic E-state index is -0.545. The summed E-state index contributed by atoms with van der Waals surface area (Å²) < 4.78 is 0.961. The van der Waals surface area contributed by atoms with E-state index in [-0.39, 0.29) is 5.91 Å². The molecule has 3 N–H and O–H groups in total. The van der Waals surface area contributed by atoms with Gasteiger partial charge in [0.25, 0.3) is 0 Å². The number of halogens is 1. The zero-order valence-electron chi connectivity index (χ0n) is 9.16. The highest BCUT2D eigenvalue weighted by atomic mass is 79.9. The number of hydrogen-bond donors (Lipinski definition) is 2. The number of benzene rings is 1. The lowest BCUT2D eigenvalue weighted by molar-refractivity contribution is -0.117. The molecular formula is C12H15BrN2O. The van der Waals surface area contributed by atoms with E-state index in [9.17, 15) is 4.79 Å². The lowest BCUT2D eigenvalue weighted by atomic mass is 10.1. The zero-order chi connectivity index (χ0) is 12.1. The number of amides is 1. The van der Waals surface area contributed by atoms with E-state index in [1.165, 1.54) is 0 Å². The van der Waals surface area contributed by atoms with Crippen LogP contribution in [0.3, 0.4) is 0 Å². The highest BCUT2D eigenvalue weighted by Gasteiger charge is 2.13. The fourth-order valence-electron chi connectivity index (χ4n) is 1.25. The summed E-state index contributed by atoms with van der Waals surface area (Å²) >= 11 is 3.41. The molecule has 1 rings (SSSR count). The molecule has 1 atom stereocenters. The largest absolute Gasteiger partial charge is 0.324 e. The van der Waals surface area contributed by atoms with Crippen LogP contribution in [0, 0.1) is 6.92 Å². The highest BCUT2D eigenvalue weighted by Crippen LogP contribution is 2.23. The van der Waals surface area contributed by atoms with E-state index in [1.54, 1.807) is 6.08 Å². The van der Waals surface area contributed by atoms with Gasteiger partial charge in [-0.1, -0.05) is 28.1 Å². The van der Waals surface area contributed by atoms with E-state index in [0.29, 0.717) is 6.42 Å². The number of rotatable bonds is 4. The van der Waals surface area contributed by atoms with Crippen molar-refractivity contribution in [3.05, 3.63) is 40.9 Å². The second-order valence-corrected chi connectivity index (χ2v) is 4.39. The molecule has 0 fully saturated rings. The maximum absolute atomic E-state index is 11.7. The Morgan fingerprint density at radius 3 is 3.00 bits per heavy atom. The fraction of sp³-hybridized carbons (Fsp3) is 0.250. The van der Waals surface area contributed by atoms with E-state index in [4.69, 9.17) is 5.73 Å². The van der Waals surface area contributed by atoms with Crippen molar-refractivity contribution in [3.63, 3.8) is 0 Å². The third-order valence-corrected chi connectivity index (χ3v) is 3.14. The van der Waals surface area contributed by atoms with Crippen LogP contribution in [-0.4, -0.2) is 11.9 Å². The Morgan fingerprint density at radius 1 is 1.69 bits per heavy atom. The number of hydrogen-bond acceptors (Lipinski definition) is 2. The lowest BCUT2D eigenvalue weighted by Gasteiger charge is -2.12. The molecule has 1 unspecified atom stereocenters. The van der Waals surface area contributed by atoms with Crippen molar-refractivity contribution in [1.29, 1.82) is 0 Å². The molecule has 1 aromatic rings. The van der Waals surface area contributed by atoms with Crippen molar-refractivity contribution in [2.75, 3.05) is 5.32 Å². The first-order chi connectivity index (χ1) is 7.56. The van der Waals surface area contributed by atoms with Gasteiger partial charge in [0.15, 0.2) is 0 Å². The van der Waals surface area contributed by atoms with Crippen molar-refractivity contribution < 1.29 is 4.79 Å². The molecule has 0 aromatic heterocycles. The van der Waals surface area contributed by atoms with Gasteiger partial charge in [0.05, 0.1) is 6.04 Å². The number of carbonyl (C=O) groups excluding carboxylic acids is 1. The minimum absolute atomic E-state index is 0.193. The maximum atomic E-state index is 11.7. The first-order valence-corrected chi connectivity index (χ1v) is 5.78. The molecule has 3 nitrogen and oxygen atoms in total. The van der Waals surface area contributed by atoms with Gasteiger partial charge >= 0.3 is 0 Å². The molecule has 0 bridgehead atoms. The molecular weight excluding hydrogens is 268 g/mol. The van der Waals surface area contributed by atoms with E-state index < -0.39 is 6.04 Å². The molecule has 1 aromatic carbocycles. The van der Waals surface area contributed by atoms with Crippen LogP contribution in [0.15, 0.2) is 35.3 Å². The van der Waals surface area contributed by atoms with Crippen molar-refractivity contribution in [3.8, 4) is 0 Å². The Labute approximate surface area is 104 Å². The van der Waals surface area contributed by atoms with Crippen LogP contribution < -0.4 is 11.1 Å². The zero-order valence-corrected chi connectivity index (χ0v) is 10.8. The number of nitrogens with one attached hydrogen (secondary N) is 1. The smallest absolute Gasteiger partial charge is 0.241 e. The van der Waals surface area contributed by atoms with Gasteiger partial charge in [-0.15, -0.1) is 6.58 Å². The molecule has 0 saturated heterocycles. The van der Waals surface area contributed by atoms with Crippen LogP contribution in [-0.2, 0) is 4.79 Å². The van der Waals surface area contributed by atoms with E-state index >= 15 is 0 Å². The first kappa shape index (κ1) is 12.9. The van der Waals surface area contributed by atoms with Crippen LogP contribution in [0.1, 0.15) is 12.0 Å². The molecule has 86 valence electrons. The molecule has 0 aliphatic heterocycles. The second kappa shape index (κ2) is 5.82. The van der Waals surface area contributed by atoms with E-state index in [0.717, 1.165) is 15.7 Å². The summed E-state index contributed by atoms with van der Waals surface area (Å²) in [6.07, 6.45) is 2.11. The van der Waals surface area contributed by atoms with Gasteiger partial charge in [-0.3, -0.25) is 4.79 Å². The van der Waals surface area contributed by atoms with Gasteiger partial charge in [0, 0.05) is 10.2 Å². The standard InChI is InChI=1S/C12H15BrN2O/c1-3-5-10(14)12(16)15-11-7-4-6-9(13)8(11)2/h3-4,6-7,10H,1,5,14H2,2H3,(H,15,16). The summed E-state index contributed by atoms with van der Waals surface area (Å²) in [4.78, 5) is 11.7. The Kier molecular flexibility index (Phi) is 4.71. The normalized spacial score (nSPS) is 11.9. The quantitative estimate of drug-likeness (QED) is 0.834. The average molecular weight is 283 g/mol. The minimum Gasteiger partial charge on any atom is -0.324 e.